The molecule has 2 aromatic rings. The van der Waals surface area contributed by atoms with Crippen LogP contribution < -0.4 is 10.1 Å². The molecular weight excluding hydrogens is 262 g/mol. The van der Waals surface area contributed by atoms with Crippen molar-refractivity contribution in [2.24, 2.45) is 0 Å². The van der Waals surface area contributed by atoms with Crippen LogP contribution in [0.4, 0.5) is 0 Å². The van der Waals surface area contributed by atoms with Gasteiger partial charge in [-0.25, -0.2) is 0 Å². The van der Waals surface area contributed by atoms with Gasteiger partial charge in [0.25, 0.3) is 0 Å². The van der Waals surface area contributed by atoms with E-state index in [-0.39, 0.29) is 11.7 Å². The van der Waals surface area contributed by atoms with Gasteiger partial charge in [0, 0.05) is 31.6 Å². The minimum atomic E-state index is -0.0880. The molecule has 1 saturated heterocycles. The first kappa shape index (κ1) is 13.1. The SMILES string of the molecule is CCOC1CC2(CCNC2)Oc2ccc3ccccc3c21. The van der Waals surface area contributed by atoms with Gasteiger partial charge in [0.15, 0.2) is 0 Å². The second kappa shape index (κ2) is 5.00. The number of benzene rings is 2. The van der Waals surface area contributed by atoms with Gasteiger partial charge in [0.2, 0.25) is 0 Å². The standard InChI is InChI=1S/C18H21NO2/c1-2-20-16-11-18(9-10-19-12-18)21-15-8-7-13-5-3-4-6-14(13)17(15)16/h3-8,16,19H,2,9-12H2,1H3. The summed E-state index contributed by atoms with van der Waals surface area (Å²) in [5.74, 6) is 1.00. The highest BCUT2D eigenvalue weighted by Gasteiger charge is 2.44. The molecule has 2 aliphatic rings. The van der Waals surface area contributed by atoms with Gasteiger partial charge in [-0.15, -0.1) is 0 Å². The van der Waals surface area contributed by atoms with Crippen LogP contribution in [0.1, 0.15) is 31.4 Å². The van der Waals surface area contributed by atoms with E-state index in [4.69, 9.17) is 9.47 Å². The van der Waals surface area contributed by atoms with Gasteiger partial charge in [-0.3, -0.25) is 0 Å². The molecule has 0 aromatic heterocycles. The number of hydrogen-bond acceptors (Lipinski definition) is 3. The molecule has 2 heterocycles. The Kier molecular flexibility index (Phi) is 3.12. The van der Waals surface area contributed by atoms with Crippen LogP contribution in [0.25, 0.3) is 10.8 Å². The number of rotatable bonds is 2. The lowest BCUT2D eigenvalue weighted by molar-refractivity contribution is -0.0343. The van der Waals surface area contributed by atoms with Gasteiger partial charge in [-0.1, -0.05) is 30.3 Å². The number of ether oxygens (including phenoxy) is 2. The van der Waals surface area contributed by atoms with E-state index in [0.717, 1.165) is 38.3 Å². The molecule has 110 valence electrons. The number of fused-ring (bicyclic) bond motifs is 3. The lowest BCUT2D eigenvalue weighted by Crippen LogP contribution is -2.43. The minimum Gasteiger partial charge on any atom is -0.485 e. The highest BCUT2D eigenvalue weighted by atomic mass is 16.5. The van der Waals surface area contributed by atoms with Crippen molar-refractivity contribution in [2.75, 3.05) is 19.7 Å². The fourth-order valence-electron chi connectivity index (χ4n) is 3.74. The monoisotopic (exact) mass is 283 g/mol. The summed E-state index contributed by atoms with van der Waals surface area (Å²) in [6.45, 7) is 4.75. The molecule has 1 spiro atoms. The third-order valence-corrected chi connectivity index (χ3v) is 4.71. The third-order valence-electron chi connectivity index (χ3n) is 4.71. The van der Waals surface area contributed by atoms with Gasteiger partial charge in [0.1, 0.15) is 11.4 Å². The summed E-state index contributed by atoms with van der Waals surface area (Å²) in [4.78, 5) is 0. The van der Waals surface area contributed by atoms with Crippen molar-refractivity contribution < 1.29 is 9.47 Å². The maximum absolute atomic E-state index is 6.42. The first-order chi connectivity index (χ1) is 10.3. The van der Waals surface area contributed by atoms with Gasteiger partial charge < -0.3 is 14.8 Å². The van der Waals surface area contributed by atoms with E-state index >= 15 is 0 Å². The van der Waals surface area contributed by atoms with Crippen LogP contribution in [-0.4, -0.2) is 25.3 Å². The van der Waals surface area contributed by atoms with Crippen molar-refractivity contribution in [2.45, 2.75) is 31.5 Å². The predicted octanol–water partition coefficient (Wildman–Crippen LogP) is 3.43. The molecule has 1 N–H and O–H groups in total. The van der Waals surface area contributed by atoms with Gasteiger partial charge >= 0.3 is 0 Å². The van der Waals surface area contributed by atoms with Crippen LogP contribution >= 0.6 is 0 Å². The van der Waals surface area contributed by atoms with Crippen LogP contribution in [0.15, 0.2) is 36.4 Å². The third kappa shape index (κ3) is 2.12. The van der Waals surface area contributed by atoms with Crippen LogP contribution in [0.2, 0.25) is 0 Å². The quantitative estimate of drug-likeness (QED) is 0.916. The molecule has 0 radical (unpaired) electrons. The molecule has 0 aliphatic carbocycles. The van der Waals surface area contributed by atoms with Crippen molar-refractivity contribution in [3.8, 4) is 5.75 Å². The Hall–Kier alpha value is -1.58. The Bertz CT molecular complexity index is 661. The molecule has 2 atom stereocenters. The van der Waals surface area contributed by atoms with E-state index in [2.05, 4.69) is 48.6 Å². The summed E-state index contributed by atoms with van der Waals surface area (Å²) in [5, 5.41) is 5.95. The second-order valence-corrected chi connectivity index (χ2v) is 6.06. The Morgan fingerprint density at radius 3 is 3.00 bits per heavy atom. The van der Waals surface area contributed by atoms with E-state index in [9.17, 15) is 0 Å². The topological polar surface area (TPSA) is 30.5 Å². The van der Waals surface area contributed by atoms with Crippen molar-refractivity contribution in [3.05, 3.63) is 42.0 Å². The maximum Gasteiger partial charge on any atom is 0.126 e. The lowest BCUT2D eigenvalue weighted by atomic mass is 9.86. The second-order valence-electron chi connectivity index (χ2n) is 6.06. The Morgan fingerprint density at radius 2 is 2.19 bits per heavy atom. The molecule has 2 unspecified atom stereocenters. The molecule has 1 fully saturated rings. The van der Waals surface area contributed by atoms with Gasteiger partial charge in [-0.05, 0) is 30.3 Å². The lowest BCUT2D eigenvalue weighted by Gasteiger charge is -2.39. The highest BCUT2D eigenvalue weighted by molar-refractivity contribution is 5.88. The van der Waals surface area contributed by atoms with Crippen LogP contribution in [-0.2, 0) is 4.74 Å². The molecule has 3 nitrogen and oxygen atoms in total. The van der Waals surface area contributed by atoms with Crippen molar-refractivity contribution in [3.63, 3.8) is 0 Å². The first-order valence-corrected chi connectivity index (χ1v) is 7.84. The molecule has 0 saturated carbocycles. The number of nitrogens with one attached hydrogen (secondary N) is 1. The van der Waals surface area contributed by atoms with Gasteiger partial charge in [-0.2, -0.15) is 0 Å². The van der Waals surface area contributed by atoms with E-state index in [0.29, 0.717) is 0 Å². The van der Waals surface area contributed by atoms with Crippen molar-refractivity contribution in [1.29, 1.82) is 0 Å². The highest BCUT2D eigenvalue weighted by Crippen LogP contribution is 2.46. The average Bonchev–Trinajstić information content (AvgIpc) is 2.94. The molecule has 2 aliphatic heterocycles. The van der Waals surface area contributed by atoms with Crippen LogP contribution in [0.3, 0.4) is 0 Å². The zero-order valence-corrected chi connectivity index (χ0v) is 12.4. The summed E-state index contributed by atoms with van der Waals surface area (Å²) in [6, 6.07) is 12.8. The average molecular weight is 283 g/mol. The smallest absolute Gasteiger partial charge is 0.126 e. The summed E-state index contributed by atoms with van der Waals surface area (Å²) in [6.07, 6.45) is 2.13. The Labute approximate surface area is 125 Å². The summed E-state index contributed by atoms with van der Waals surface area (Å²) in [5.41, 5.74) is 1.14. The Morgan fingerprint density at radius 1 is 1.29 bits per heavy atom. The summed E-state index contributed by atoms with van der Waals surface area (Å²) in [7, 11) is 0. The fraction of sp³-hybridized carbons (Fsp3) is 0.444. The predicted molar refractivity (Wildman–Crippen MR) is 83.8 cm³/mol. The molecule has 0 amide bonds. The fourth-order valence-corrected chi connectivity index (χ4v) is 3.74. The molecule has 3 heteroatoms. The van der Waals surface area contributed by atoms with E-state index < -0.39 is 0 Å². The summed E-state index contributed by atoms with van der Waals surface area (Å²) < 4.78 is 12.5. The normalized spacial score (nSPS) is 27.8. The largest absolute Gasteiger partial charge is 0.485 e. The molecule has 0 bridgehead atoms. The van der Waals surface area contributed by atoms with E-state index in [1.165, 1.54) is 16.3 Å². The molecule has 21 heavy (non-hydrogen) atoms. The summed E-state index contributed by atoms with van der Waals surface area (Å²) >= 11 is 0. The molecule has 4 rings (SSSR count). The van der Waals surface area contributed by atoms with E-state index in [1.54, 1.807) is 0 Å². The Balaban J connectivity index is 1.86. The number of hydrogen-bond donors (Lipinski definition) is 1. The zero-order valence-electron chi connectivity index (χ0n) is 12.4. The zero-order chi connectivity index (χ0) is 14.3. The van der Waals surface area contributed by atoms with Gasteiger partial charge in [0.05, 0.1) is 6.10 Å². The molecule has 2 aromatic carbocycles. The van der Waals surface area contributed by atoms with Crippen LogP contribution in [0, 0.1) is 0 Å². The first-order valence-electron chi connectivity index (χ1n) is 7.84. The minimum absolute atomic E-state index is 0.0880. The van der Waals surface area contributed by atoms with Crippen LogP contribution in [0.5, 0.6) is 5.75 Å². The van der Waals surface area contributed by atoms with Crippen molar-refractivity contribution >= 4 is 10.8 Å². The maximum atomic E-state index is 6.42. The van der Waals surface area contributed by atoms with E-state index in [1.807, 2.05) is 0 Å². The molecular formula is C18H21NO2. The van der Waals surface area contributed by atoms with Crippen molar-refractivity contribution in [1.82, 2.24) is 5.32 Å².